The Morgan fingerprint density at radius 3 is 2.52 bits per heavy atom. The summed E-state index contributed by atoms with van der Waals surface area (Å²) in [6.45, 7) is 5.53. The first-order chi connectivity index (χ1) is 11.4. The normalized spacial score (nSPS) is 19.4. The molecule has 6 nitrogen and oxygen atoms in total. The summed E-state index contributed by atoms with van der Waals surface area (Å²) in [5, 5.41) is 14.3. The van der Waals surface area contributed by atoms with Crippen LogP contribution >= 0.6 is 0 Å². The highest BCUT2D eigenvalue weighted by Crippen LogP contribution is 2.47. The van der Waals surface area contributed by atoms with Crippen molar-refractivity contribution in [2.45, 2.75) is 44.8 Å². The van der Waals surface area contributed by atoms with Crippen molar-refractivity contribution in [1.29, 1.82) is 0 Å². The van der Waals surface area contributed by atoms with Gasteiger partial charge in [0.2, 0.25) is 5.56 Å². The van der Waals surface area contributed by atoms with E-state index in [9.17, 15) is 28.1 Å². The highest BCUT2D eigenvalue weighted by atomic mass is 19.4. The van der Waals surface area contributed by atoms with Gasteiger partial charge in [-0.15, -0.1) is 0 Å². The van der Waals surface area contributed by atoms with Crippen molar-refractivity contribution in [3.63, 3.8) is 0 Å². The molecular formula is C16H16F3N3O3. The molecule has 1 aromatic carbocycles. The highest BCUT2D eigenvalue weighted by Gasteiger charge is 2.39. The van der Waals surface area contributed by atoms with E-state index in [2.05, 4.69) is 10.3 Å². The number of hydrogen-bond donors (Lipinski definition) is 2. The fourth-order valence-electron chi connectivity index (χ4n) is 3.60. The van der Waals surface area contributed by atoms with Gasteiger partial charge < -0.3 is 10.3 Å². The van der Waals surface area contributed by atoms with Crippen LogP contribution < -0.4 is 10.9 Å². The number of nitro groups is 1. The number of pyridine rings is 1. The second-order valence-electron chi connectivity index (χ2n) is 7.03. The van der Waals surface area contributed by atoms with Crippen molar-refractivity contribution >= 4 is 22.3 Å². The number of nitro benzene ring substituents is 1. The third kappa shape index (κ3) is 2.83. The molecule has 0 saturated heterocycles. The van der Waals surface area contributed by atoms with Crippen LogP contribution in [0.15, 0.2) is 16.9 Å². The molecule has 3 rings (SSSR count). The lowest BCUT2D eigenvalue weighted by atomic mass is 9.80. The molecular weight excluding hydrogens is 339 g/mol. The van der Waals surface area contributed by atoms with E-state index in [1.54, 1.807) is 0 Å². The molecule has 0 fully saturated rings. The van der Waals surface area contributed by atoms with Gasteiger partial charge >= 0.3 is 11.9 Å². The Bertz CT molecular complexity index is 948. The van der Waals surface area contributed by atoms with Crippen molar-refractivity contribution in [3.05, 3.63) is 43.7 Å². The number of hydrogen-bond acceptors (Lipinski definition) is 4. The summed E-state index contributed by atoms with van der Waals surface area (Å²) in [6, 6.07) is 1.73. The maximum atomic E-state index is 13.3. The van der Waals surface area contributed by atoms with Crippen LogP contribution in [-0.2, 0) is 6.18 Å². The zero-order valence-corrected chi connectivity index (χ0v) is 13.7. The summed E-state index contributed by atoms with van der Waals surface area (Å²) in [4.78, 5) is 24.8. The Kier molecular flexibility index (Phi) is 3.59. The zero-order valence-electron chi connectivity index (χ0n) is 13.7. The number of aromatic amines is 1. The molecule has 0 amide bonds. The summed E-state index contributed by atoms with van der Waals surface area (Å²) >= 11 is 0. The van der Waals surface area contributed by atoms with Crippen LogP contribution in [0.5, 0.6) is 0 Å². The number of rotatable bonds is 1. The lowest BCUT2D eigenvalue weighted by Crippen LogP contribution is -2.37. The van der Waals surface area contributed by atoms with E-state index in [4.69, 9.17) is 0 Å². The number of aromatic nitrogens is 1. The highest BCUT2D eigenvalue weighted by molar-refractivity contribution is 5.98. The molecule has 2 heterocycles. The van der Waals surface area contributed by atoms with Crippen molar-refractivity contribution in [2.75, 3.05) is 5.32 Å². The van der Waals surface area contributed by atoms with Crippen molar-refractivity contribution in [3.8, 4) is 0 Å². The standard InChI is InChI=1S/C16H16F3N3O3/c1-7-6-15(2,3)21-13-8(7)4-9-10(16(17,18)19)5-11(23)20-12(9)14(13)22(24)25/h4-5,7,21H,6H2,1-3H3,(H,20,23). The lowest BCUT2D eigenvalue weighted by molar-refractivity contribution is -0.382. The van der Waals surface area contributed by atoms with E-state index in [-0.39, 0.29) is 17.0 Å². The Balaban J connectivity index is 2.50. The molecule has 2 N–H and O–H groups in total. The predicted octanol–water partition coefficient (Wildman–Crippen LogP) is 4.15. The molecule has 25 heavy (non-hydrogen) atoms. The molecule has 0 spiro atoms. The average Bonchev–Trinajstić information content (AvgIpc) is 2.42. The second-order valence-corrected chi connectivity index (χ2v) is 7.03. The maximum absolute atomic E-state index is 13.3. The number of halogens is 3. The van der Waals surface area contributed by atoms with E-state index in [0.29, 0.717) is 18.1 Å². The largest absolute Gasteiger partial charge is 0.417 e. The van der Waals surface area contributed by atoms with Gasteiger partial charge in [-0.2, -0.15) is 13.2 Å². The van der Waals surface area contributed by atoms with Crippen LogP contribution in [0.2, 0.25) is 0 Å². The predicted molar refractivity (Wildman–Crippen MR) is 87.0 cm³/mol. The monoisotopic (exact) mass is 355 g/mol. The third-order valence-electron chi connectivity index (χ3n) is 4.44. The van der Waals surface area contributed by atoms with Gasteiger partial charge in [-0.1, -0.05) is 6.92 Å². The van der Waals surface area contributed by atoms with Crippen LogP contribution in [-0.4, -0.2) is 15.4 Å². The number of alkyl halides is 3. The first-order valence-corrected chi connectivity index (χ1v) is 7.64. The zero-order chi connectivity index (χ0) is 18.7. The summed E-state index contributed by atoms with van der Waals surface area (Å²) in [6.07, 6.45) is -4.19. The van der Waals surface area contributed by atoms with Gasteiger partial charge in [0.15, 0.2) is 0 Å². The summed E-state index contributed by atoms with van der Waals surface area (Å²) < 4.78 is 40.0. The van der Waals surface area contributed by atoms with E-state index >= 15 is 0 Å². The molecule has 1 aliphatic rings. The Hall–Kier alpha value is -2.58. The first-order valence-electron chi connectivity index (χ1n) is 7.64. The van der Waals surface area contributed by atoms with Crippen LogP contribution in [0, 0.1) is 10.1 Å². The smallest absolute Gasteiger partial charge is 0.374 e. The van der Waals surface area contributed by atoms with Gasteiger partial charge in [0, 0.05) is 17.0 Å². The minimum absolute atomic E-state index is 0.163. The molecule has 2 aromatic rings. The molecule has 0 aliphatic carbocycles. The lowest BCUT2D eigenvalue weighted by Gasteiger charge is -2.37. The summed E-state index contributed by atoms with van der Waals surface area (Å²) in [5.41, 5.74) is -3.02. The average molecular weight is 355 g/mol. The third-order valence-corrected chi connectivity index (χ3v) is 4.44. The van der Waals surface area contributed by atoms with Crippen LogP contribution in [0.3, 0.4) is 0 Å². The SMILES string of the molecule is CC1CC(C)(C)Nc2c1cc1c(C(F)(F)F)cc(=O)[nH]c1c2[N+](=O)[O-]. The molecule has 1 atom stereocenters. The van der Waals surface area contributed by atoms with Crippen LogP contribution in [0.25, 0.3) is 10.9 Å². The van der Waals surface area contributed by atoms with E-state index in [1.807, 2.05) is 20.8 Å². The van der Waals surface area contributed by atoms with Crippen molar-refractivity contribution in [2.24, 2.45) is 0 Å². The van der Waals surface area contributed by atoms with Gasteiger partial charge in [0.05, 0.1) is 10.5 Å². The molecule has 0 bridgehead atoms. The van der Waals surface area contributed by atoms with E-state index in [1.165, 1.54) is 6.07 Å². The quantitative estimate of drug-likeness (QED) is 0.594. The molecule has 9 heteroatoms. The minimum Gasteiger partial charge on any atom is -0.374 e. The maximum Gasteiger partial charge on any atom is 0.417 e. The van der Waals surface area contributed by atoms with Gasteiger partial charge in [0.25, 0.3) is 0 Å². The number of nitrogens with one attached hydrogen (secondary N) is 2. The van der Waals surface area contributed by atoms with E-state index < -0.39 is 39.0 Å². The van der Waals surface area contributed by atoms with Crippen molar-refractivity contribution in [1.82, 2.24) is 4.98 Å². The van der Waals surface area contributed by atoms with Crippen molar-refractivity contribution < 1.29 is 18.1 Å². The number of anilines is 1. The molecule has 1 aromatic heterocycles. The summed E-state index contributed by atoms with van der Waals surface area (Å²) in [7, 11) is 0. The van der Waals surface area contributed by atoms with Gasteiger partial charge in [-0.3, -0.25) is 14.9 Å². The first kappa shape index (κ1) is 17.2. The molecule has 1 unspecified atom stereocenters. The van der Waals surface area contributed by atoms with Gasteiger partial charge in [0.1, 0.15) is 11.2 Å². The number of nitrogens with zero attached hydrogens (tertiary/aromatic N) is 1. The molecule has 1 aliphatic heterocycles. The fraction of sp³-hybridized carbons (Fsp3) is 0.438. The number of fused-ring (bicyclic) bond motifs is 2. The topological polar surface area (TPSA) is 88.0 Å². The molecule has 0 saturated carbocycles. The Labute approximate surface area is 140 Å². The Morgan fingerprint density at radius 1 is 1.32 bits per heavy atom. The minimum atomic E-state index is -4.79. The Morgan fingerprint density at radius 2 is 1.96 bits per heavy atom. The fourth-order valence-corrected chi connectivity index (χ4v) is 3.60. The second kappa shape index (κ2) is 5.21. The number of H-pyrrole nitrogens is 1. The molecule has 134 valence electrons. The summed E-state index contributed by atoms with van der Waals surface area (Å²) in [5.74, 6) is -0.178. The molecule has 0 radical (unpaired) electrons. The van der Waals surface area contributed by atoms with Crippen LogP contribution in [0.1, 0.15) is 44.2 Å². The van der Waals surface area contributed by atoms with Crippen LogP contribution in [0.4, 0.5) is 24.5 Å². The van der Waals surface area contributed by atoms with Gasteiger partial charge in [-0.05, 0) is 37.8 Å². The van der Waals surface area contributed by atoms with Gasteiger partial charge in [-0.25, -0.2) is 0 Å². The van der Waals surface area contributed by atoms with E-state index in [0.717, 1.165) is 0 Å². The number of benzene rings is 1.